The molecule has 0 aliphatic carbocycles. The van der Waals surface area contributed by atoms with Gasteiger partial charge in [0.1, 0.15) is 0 Å². The van der Waals surface area contributed by atoms with Gasteiger partial charge in [-0.2, -0.15) is 0 Å². The molecule has 38 heavy (non-hydrogen) atoms. The number of fused-ring (bicyclic) bond motifs is 1. The quantitative estimate of drug-likeness (QED) is 0.271. The third-order valence-electron chi connectivity index (χ3n) is 6.16. The Hall–Kier alpha value is -4.21. The van der Waals surface area contributed by atoms with Crippen LogP contribution in [0.1, 0.15) is 22.8 Å². The maximum absolute atomic E-state index is 13.5. The SMILES string of the molecule is CCn1c(=O)sc2cc(NC(=O)c3ccc(CN(c4ccccc4)S(=O)(=O)c4ccccc4)cc3)ccc21. The van der Waals surface area contributed by atoms with Crippen molar-refractivity contribution in [3.8, 4) is 0 Å². The first-order valence-corrected chi connectivity index (χ1v) is 14.3. The summed E-state index contributed by atoms with van der Waals surface area (Å²) in [4.78, 5) is 25.2. The Labute approximate surface area is 224 Å². The number of thiazole rings is 1. The number of carbonyl (C=O) groups excluding carboxylic acids is 1. The second kappa shape index (κ2) is 10.6. The van der Waals surface area contributed by atoms with Gasteiger partial charge in [0.05, 0.1) is 27.3 Å². The number of aromatic nitrogens is 1. The number of nitrogens with one attached hydrogen (secondary N) is 1. The molecule has 192 valence electrons. The highest BCUT2D eigenvalue weighted by Gasteiger charge is 2.25. The average Bonchev–Trinajstić information content (AvgIpc) is 3.26. The maximum Gasteiger partial charge on any atom is 0.308 e. The number of hydrogen-bond donors (Lipinski definition) is 1. The zero-order valence-electron chi connectivity index (χ0n) is 20.6. The van der Waals surface area contributed by atoms with Crippen LogP contribution in [-0.4, -0.2) is 18.9 Å². The number of amides is 1. The van der Waals surface area contributed by atoms with Gasteiger partial charge in [-0.15, -0.1) is 0 Å². The molecule has 0 saturated heterocycles. The minimum absolute atomic E-state index is 0.0274. The van der Waals surface area contributed by atoms with E-state index in [0.717, 1.165) is 27.1 Å². The van der Waals surface area contributed by atoms with Crippen molar-refractivity contribution in [3.05, 3.63) is 124 Å². The second-order valence-electron chi connectivity index (χ2n) is 8.61. The minimum atomic E-state index is -3.81. The van der Waals surface area contributed by atoms with Crippen molar-refractivity contribution in [2.75, 3.05) is 9.62 Å². The molecule has 5 aromatic rings. The molecule has 0 spiro atoms. The zero-order valence-corrected chi connectivity index (χ0v) is 22.2. The van der Waals surface area contributed by atoms with Crippen LogP contribution in [0.5, 0.6) is 0 Å². The molecule has 9 heteroatoms. The first-order chi connectivity index (χ1) is 18.4. The van der Waals surface area contributed by atoms with E-state index >= 15 is 0 Å². The van der Waals surface area contributed by atoms with E-state index < -0.39 is 10.0 Å². The Bertz CT molecular complexity index is 1750. The Balaban J connectivity index is 1.36. The smallest absolute Gasteiger partial charge is 0.308 e. The van der Waals surface area contributed by atoms with Gasteiger partial charge in [0.2, 0.25) is 0 Å². The lowest BCUT2D eigenvalue weighted by molar-refractivity contribution is 0.102. The molecule has 4 aromatic carbocycles. The van der Waals surface area contributed by atoms with Gasteiger partial charge in [-0.25, -0.2) is 8.42 Å². The van der Waals surface area contributed by atoms with Crippen LogP contribution in [0.25, 0.3) is 10.2 Å². The van der Waals surface area contributed by atoms with E-state index in [1.165, 1.54) is 4.31 Å². The van der Waals surface area contributed by atoms with Gasteiger partial charge >= 0.3 is 4.87 Å². The molecule has 0 radical (unpaired) electrons. The third kappa shape index (κ3) is 5.11. The van der Waals surface area contributed by atoms with Crippen molar-refractivity contribution in [1.29, 1.82) is 0 Å². The molecule has 1 aromatic heterocycles. The van der Waals surface area contributed by atoms with Crippen LogP contribution < -0.4 is 14.5 Å². The van der Waals surface area contributed by atoms with Crippen molar-refractivity contribution < 1.29 is 13.2 Å². The first kappa shape index (κ1) is 25.4. The number of sulfonamides is 1. The number of carbonyl (C=O) groups is 1. The third-order valence-corrected chi connectivity index (χ3v) is 8.89. The van der Waals surface area contributed by atoms with E-state index in [-0.39, 0.29) is 22.2 Å². The molecule has 0 aliphatic heterocycles. The molecule has 0 saturated carbocycles. The van der Waals surface area contributed by atoms with Gasteiger partial charge in [-0.3, -0.25) is 18.5 Å². The lowest BCUT2D eigenvalue weighted by Gasteiger charge is -2.25. The Morgan fingerprint density at radius 1 is 0.895 bits per heavy atom. The topological polar surface area (TPSA) is 88.5 Å². The van der Waals surface area contributed by atoms with Crippen LogP contribution in [0.15, 0.2) is 113 Å². The molecule has 5 rings (SSSR count). The highest BCUT2D eigenvalue weighted by atomic mass is 32.2. The van der Waals surface area contributed by atoms with Crippen LogP contribution in [0.3, 0.4) is 0 Å². The number of anilines is 2. The van der Waals surface area contributed by atoms with Crippen molar-refractivity contribution in [2.24, 2.45) is 0 Å². The summed E-state index contributed by atoms with van der Waals surface area (Å²) in [7, 11) is -3.81. The lowest BCUT2D eigenvalue weighted by Crippen LogP contribution is -2.30. The van der Waals surface area contributed by atoms with E-state index in [2.05, 4.69) is 5.32 Å². The molecular formula is C29H25N3O4S2. The van der Waals surface area contributed by atoms with Crippen molar-refractivity contribution in [1.82, 2.24) is 4.57 Å². The molecule has 1 amide bonds. The summed E-state index contributed by atoms with van der Waals surface area (Å²) in [5, 5.41) is 2.88. The molecule has 0 aliphatic rings. The van der Waals surface area contributed by atoms with Gasteiger partial charge < -0.3 is 5.32 Å². The van der Waals surface area contributed by atoms with Crippen LogP contribution in [0.2, 0.25) is 0 Å². The molecule has 7 nitrogen and oxygen atoms in total. The summed E-state index contributed by atoms with van der Waals surface area (Å²) >= 11 is 1.15. The summed E-state index contributed by atoms with van der Waals surface area (Å²) < 4.78 is 30.9. The number of para-hydroxylation sites is 1. The van der Waals surface area contributed by atoms with Gasteiger partial charge in [-0.05, 0) is 67.1 Å². The number of rotatable bonds is 8. The molecule has 0 bridgehead atoms. The highest BCUT2D eigenvalue weighted by Crippen LogP contribution is 2.26. The molecule has 1 heterocycles. The highest BCUT2D eigenvalue weighted by molar-refractivity contribution is 7.92. The maximum atomic E-state index is 13.5. The lowest BCUT2D eigenvalue weighted by atomic mass is 10.1. The molecule has 0 fully saturated rings. The molecule has 0 unspecified atom stereocenters. The Morgan fingerprint density at radius 2 is 1.55 bits per heavy atom. The largest absolute Gasteiger partial charge is 0.322 e. The van der Waals surface area contributed by atoms with Crippen molar-refractivity contribution in [2.45, 2.75) is 24.9 Å². The van der Waals surface area contributed by atoms with Crippen molar-refractivity contribution >= 4 is 48.9 Å². The molecule has 1 N–H and O–H groups in total. The summed E-state index contributed by atoms with van der Waals surface area (Å²) in [6, 6.07) is 29.5. The first-order valence-electron chi connectivity index (χ1n) is 12.0. The fourth-order valence-corrected chi connectivity index (χ4v) is 6.67. The predicted octanol–water partition coefficient (Wildman–Crippen LogP) is 5.73. The zero-order chi connectivity index (χ0) is 26.7. The predicted molar refractivity (Wildman–Crippen MR) is 152 cm³/mol. The van der Waals surface area contributed by atoms with E-state index in [1.54, 1.807) is 95.6 Å². The number of nitrogens with zero attached hydrogens (tertiary/aromatic N) is 2. The van der Waals surface area contributed by atoms with Gasteiger partial charge in [-0.1, -0.05) is 59.9 Å². The van der Waals surface area contributed by atoms with E-state index in [4.69, 9.17) is 0 Å². The molecular weight excluding hydrogens is 518 g/mol. The van der Waals surface area contributed by atoms with E-state index in [0.29, 0.717) is 23.5 Å². The van der Waals surface area contributed by atoms with Gasteiger partial charge in [0, 0.05) is 17.8 Å². The van der Waals surface area contributed by atoms with Crippen LogP contribution in [0, 0.1) is 0 Å². The number of hydrogen-bond acceptors (Lipinski definition) is 5. The van der Waals surface area contributed by atoms with Crippen LogP contribution >= 0.6 is 11.3 Å². The Kier molecular flexibility index (Phi) is 7.13. The van der Waals surface area contributed by atoms with Crippen molar-refractivity contribution in [3.63, 3.8) is 0 Å². The van der Waals surface area contributed by atoms with Gasteiger partial charge in [0.25, 0.3) is 15.9 Å². The number of benzene rings is 4. The Morgan fingerprint density at radius 3 is 2.21 bits per heavy atom. The number of aryl methyl sites for hydroxylation is 1. The normalized spacial score (nSPS) is 11.4. The summed E-state index contributed by atoms with van der Waals surface area (Å²) in [6.45, 7) is 2.61. The fraction of sp³-hybridized carbons (Fsp3) is 0.103. The van der Waals surface area contributed by atoms with Crippen LogP contribution in [-0.2, 0) is 23.1 Å². The summed E-state index contributed by atoms with van der Waals surface area (Å²) in [5.41, 5.74) is 3.16. The monoisotopic (exact) mass is 543 g/mol. The fourth-order valence-electron chi connectivity index (χ4n) is 4.20. The van der Waals surface area contributed by atoms with Crippen LogP contribution in [0.4, 0.5) is 11.4 Å². The molecule has 0 atom stereocenters. The summed E-state index contributed by atoms with van der Waals surface area (Å²) in [5.74, 6) is -0.296. The van der Waals surface area contributed by atoms with E-state index in [1.807, 2.05) is 19.1 Å². The standard InChI is InChI=1S/C29H25N3O4S2/c1-2-31-26-18-17-23(19-27(26)37-29(31)34)30-28(33)22-15-13-21(14-16-22)20-32(24-9-5-3-6-10-24)38(35,36)25-11-7-4-8-12-25/h3-19H,2,20H2,1H3,(H,30,33). The van der Waals surface area contributed by atoms with E-state index in [9.17, 15) is 18.0 Å². The second-order valence-corrected chi connectivity index (χ2v) is 11.5. The summed E-state index contributed by atoms with van der Waals surface area (Å²) in [6.07, 6.45) is 0. The van der Waals surface area contributed by atoms with Gasteiger partial charge in [0.15, 0.2) is 0 Å². The average molecular weight is 544 g/mol. The minimum Gasteiger partial charge on any atom is -0.322 e.